The molecule has 0 radical (unpaired) electrons. The molecule has 0 aromatic heterocycles. The maximum Gasteiger partial charge on any atom is 0.0372 e. The highest BCUT2D eigenvalue weighted by molar-refractivity contribution is 5.41. The molecule has 0 spiro atoms. The summed E-state index contributed by atoms with van der Waals surface area (Å²) in [4.78, 5) is 4.99. The van der Waals surface area contributed by atoms with E-state index in [1.54, 1.807) is 0 Å². The van der Waals surface area contributed by atoms with Gasteiger partial charge in [0.05, 0.1) is 0 Å². The Morgan fingerprint density at radius 2 is 1.78 bits per heavy atom. The summed E-state index contributed by atoms with van der Waals surface area (Å²) < 4.78 is 0. The van der Waals surface area contributed by atoms with Gasteiger partial charge in [0.15, 0.2) is 0 Å². The van der Waals surface area contributed by atoms with Gasteiger partial charge in [0, 0.05) is 37.9 Å². The molecule has 0 amide bonds. The van der Waals surface area contributed by atoms with Crippen molar-refractivity contribution in [2.24, 2.45) is 5.92 Å². The normalized spacial score (nSPS) is 20.2. The predicted octanol–water partition coefficient (Wildman–Crippen LogP) is 2.21. The SMILES string of the molecule is CC(C)C(c1cccc(N)c1)N1CCN(C)CC1. The second-order valence-corrected chi connectivity index (χ2v) is 5.70. The lowest BCUT2D eigenvalue weighted by Gasteiger charge is -2.40. The van der Waals surface area contributed by atoms with Gasteiger partial charge in [0.1, 0.15) is 0 Å². The van der Waals surface area contributed by atoms with E-state index in [-0.39, 0.29) is 0 Å². The van der Waals surface area contributed by atoms with Gasteiger partial charge in [0.25, 0.3) is 0 Å². The lowest BCUT2D eigenvalue weighted by molar-refractivity contribution is 0.0882. The molecule has 3 nitrogen and oxygen atoms in total. The molecule has 1 fully saturated rings. The molecule has 1 aliphatic rings. The molecule has 1 atom stereocenters. The molecular weight excluding hydrogens is 222 g/mol. The van der Waals surface area contributed by atoms with Crippen LogP contribution in [-0.4, -0.2) is 43.0 Å². The van der Waals surface area contributed by atoms with E-state index < -0.39 is 0 Å². The predicted molar refractivity (Wildman–Crippen MR) is 77.5 cm³/mol. The Kier molecular flexibility index (Phi) is 4.25. The van der Waals surface area contributed by atoms with E-state index in [0.29, 0.717) is 12.0 Å². The van der Waals surface area contributed by atoms with Crippen LogP contribution in [0.3, 0.4) is 0 Å². The number of rotatable bonds is 3. The first-order valence-electron chi connectivity index (χ1n) is 6.86. The molecular formula is C15H25N3. The second kappa shape index (κ2) is 5.72. The van der Waals surface area contributed by atoms with Crippen LogP contribution in [0, 0.1) is 5.92 Å². The van der Waals surface area contributed by atoms with Crippen LogP contribution < -0.4 is 5.73 Å². The van der Waals surface area contributed by atoms with Gasteiger partial charge in [-0.25, -0.2) is 0 Å². The molecule has 1 aliphatic heterocycles. The highest BCUT2D eigenvalue weighted by Crippen LogP contribution is 2.30. The van der Waals surface area contributed by atoms with Crippen LogP contribution in [0.5, 0.6) is 0 Å². The second-order valence-electron chi connectivity index (χ2n) is 5.70. The standard InChI is InChI=1S/C15H25N3/c1-12(2)15(13-5-4-6-14(16)11-13)18-9-7-17(3)8-10-18/h4-6,11-12,15H,7-10,16H2,1-3H3. The van der Waals surface area contributed by atoms with Gasteiger partial charge in [-0.2, -0.15) is 0 Å². The summed E-state index contributed by atoms with van der Waals surface area (Å²) in [6.45, 7) is 9.21. The molecule has 2 rings (SSSR count). The first-order valence-corrected chi connectivity index (χ1v) is 6.86. The minimum Gasteiger partial charge on any atom is -0.399 e. The molecule has 1 unspecified atom stereocenters. The summed E-state index contributed by atoms with van der Waals surface area (Å²) in [5.74, 6) is 0.607. The maximum atomic E-state index is 5.92. The van der Waals surface area contributed by atoms with Crippen LogP contribution >= 0.6 is 0 Å². The van der Waals surface area contributed by atoms with Gasteiger partial charge >= 0.3 is 0 Å². The van der Waals surface area contributed by atoms with E-state index >= 15 is 0 Å². The summed E-state index contributed by atoms with van der Waals surface area (Å²) in [7, 11) is 2.20. The van der Waals surface area contributed by atoms with E-state index in [1.807, 2.05) is 6.07 Å². The summed E-state index contributed by atoms with van der Waals surface area (Å²) in [6, 6.07) is 8.85. The zero-order valence-corrected chi connectivity index (χ0v) is 11.8. The Bertz CT molecular complexity index is 381. The molecule has 3 heteroatoms. The number of anilines is 1. The Balaban J connectivity index is 2.18. The molecule has 18 heavy (non-hydrogen) atoms. The largest absolute Gasteiger partial charge is 0.399 e. The zero-order valence-electron chi connectivity index (χ0n) is 11.8. The van der Waals surface area contributed by atoms with Gasteiger partial charge in [-0.3, -0.25) is 4.90 Å². The van der Waals surface area contributed by atoms with Crippen LogP contribution in [0.15, 0.2) is 24.3 Å². The van der Waals surface area contributed by atoms with Crippen LogP contribution in [0.2, 0.25) is 0 Å². The average molecular weight is 247 g/mol. The van der Waals surface area contributed by atoms with E-state index in [4.69, 9.17) is 5.73 Å². The number of benzene rings is 1. The third-order valence-electron chi connectivity index (χ3n) is 3.81. The smallest absolute Gasteiger partial charge is 0.0372 e. The zero-order chi connectivity index (χ0) is 13.1. The Morgan fingerprint density at radius 3 is 2.33 bits per heavy atom. The number of likely N-dealkylation sites (N-methyl/N-ethyl adjacent to an activating group) is 1. The minimum atomic E-state index is 0.488. The molecule has 0 bridgehead atoms. The van der Waals surface area contributed by atoms with E-state index in [9.17, 15) is 0 Å². The fourth-order valence-electron chi connectivity index (χ4n) is 2.86. The number of hydrogen-bond acceptors (Lipinski definition) is 3. The molecule has 0 saturated carbocycles. The fourth-order valence-corrected chi connectivity index (χ4v) is 2.86. The Hall–Kier alpha value is -1.06. The number of hydrogen-bond donors (Lipinski definition) is 1. The molecule has 1 aromatic carbocycles. The molecule has 1 aromatic rings. The van der Waals surface area contributed by atoms with Crippen LogP contribution in [0.1, 0.15) is 25.5 Å². The van der Waals surface area contributed by atoms with Crippen molar-refractivity contribution in [3.05, 3.63) is 29.8 Å². The molecule has 2 N–H and O–H groups in total. The van der Waals surface area contributed by atoms with Crippen molar-refractivity contribution < 1.29 is 0 Å². The number of piperazine rings is 1. The molecule has 0 aliphatic carbocycles. The lowest BCUT2D eigenvalue weighted by atomic mass is 9.93. The fraction of sp³-hybridized carbons (Fsp3) is 0.600. The molecule has 1 heterocycles. The molecule has 100 valence electrons. The first-order chi connectivity index (χ1) is 8.58. The summed E-state index contributed by atoms with van der Waals surface area (Å²) in [5.41, 5.74) is 8.15. The van der Waals surface area contributed by atoms with E-state index in [0.717, 1.165) is 31.9 Å². The number of nitrogens with zero attached hydrogens (tertiary/aromatic N) is 2. The van der Waals surface area contributed by atoms with Gasteiger partial charge in [-0.15, -0.1) is 0 Å². The van der Waals surface area contributed by atoms with Crippen LogP contribution in [0.4, 0.5) is 5.69 Å². The average Bonchev–Trinajstić information content (AvgIpc) is 2.32. The van der Waals surface area contributed by atoms with Gasteiger partial charge in [0.2, 0.25) is 0 Å². The van der Waals surface area contributed by atoms with E-state index in [1.165, 1.54) is 5.56 Å². The van der Waals surface area contributed by atoms with Crippen LogP contribution in [-0.2, 0) is 0 Å². The van der Waals surface area contributed by atoms with Crippen molar-refractivity contribution in [3.63, 3.8) is 0 Å². The Labute approximate surface area is 111 Å². The molecule has 1 saturated heterocycles. The lowest BCUT2D eigenvalue weighted by Crippen LogP contribution is -2.47. The van der Waals surface area contributed by atoms with Crippen molar-refractivity contribution >= 4 is 5.69 Å². The van der Waals surface area contributed by atoms with Crippen molar-refractivity contribution in [1.29, 1.82) is 0 Å². The summed E-state index contributed by atoms with van der Waals surface area (Å²) in [5, 5.41) is 0. The number of nitrogen functional groups attached to an aromatic ring is 1. The van der Waals surface area contributed by atoms with Crippen molar-refractivity contribution in [2.45, 2.75) is 19.9 Å². The van der Waals surface area contributed by atoms with Crippen molar-refractivity contribution in [3.8, 4) is 0 Å². The third-order valence-corrected chi connectivity index (χ3v) is 3.81. The third kappa shape index (κ3) is 3.03. The van der Waals surface area contributed by atoms with Crippen molar-refractivity contribution in [1.82, 2.24) is 9.80 Å². The summed E-state index contributed by atoms with van der Waals surface area (Å²) in [6.07, 6.45) is 0. The van der Waals surface area contributed by atoms with Gasteiger partial charge < -0.3 is 10.6 Å². The Morgan fingerprint density at radius 1 is 1.11 bits per heavy atom. The minimum absolute atomic E-state index is 0.488. The topological polar surface area (TPSA) is 32.5 Å². The maximum absolute atomic E-state index is 5.92. The monoisotopic (exact) mass is 247 g/mol. The first kappa shape index (κ1) is 13.4. The van der Waals surface area contributed by atoms with Crippen LogP contribution in [0.25, 0.3) is 0 Å². The highest BCUT2D eigenvalue weighted by atomic mass is 15.3. The van der Waals surface area contributed by atoms with Crippen molar-refractivity contribution in [2.75, 3.05) is 39.0 Å². The number of nitrogens with two attached hydrogens (primary N) is 1. The van der Waals surface area contributed by atoms with E-state index in [2.05, 4.69) is 48.9 Å². The van der Waals surface area contributed by atoms with Gasteiger partial charge in [-0.05, 0) is 30.7 Å². The summed E-state index contributed by atoms with van der Waals surface area (Å²) >= 11 is 0. The quantitative estimate of drug-likeness (QED) is 0.831. The van der Waals surface area contributed by atoms with Gasteiger partial charge in [-0.1, -0.05) is 26.0 Å². The highest BCUT2D eigenvalue weighted by Gasteiger charge is 2.26.